The Bertz CT molecular complexity index is 439. The first kappa shape index (κ1) is 8.70. The largest absolute Gasteiger partial charge is 0.395 e. The van der Waals surface area contributed by atoms with Crippen molar-refractivity contribution in [1.29, 1.82) is 0 Å². The van der Waals surface area contributed by atoms with Crippen LogP contribution in [0.5, 0.6) is 0 Å². The Morgan fingerprint density at radius 2 is 2.36 bits per heavy atom. The Labute approximate surface area is 79.4 Å². The summed E-state index contributed by atoms with van der Waals surface area (Å²) in [6.07, 6.45) is 1.52. The maximum absolute atomic E-state index is 8.66. The van der Waals surface area contributed by atoms with E-state index in [1.165, 1.54) is 6.33 Å². The molecule has 7 nitrogen and oxygen atoms in total. The third-order valence-electron chi connectivity index (χ3n) is 1.71. The Kier molecular flexibility index (Phi) is 2.15. The predicted octanol–water partition coefficient (Wildman–Crippen LogP) is -0.661. The lowest BCUT2D eigenvalue weighted by Gasteiger charge is -2.04. The third-order valence-corrected chi connectivity index (χ3v) is 1.71. The van der Waals surface area contributed by atoms with Crippen molar-refractivity contribution >= 4 is 22.9 Å². The summed E-state index contributed by atoms with van der Waals surface area (Å²) in [7, 11) is 0. The highest BCUT2D eigenvalue weighted by atomic mass is 16.3. The third kappa shape index (κ3) is 1.44. The monoisotopic (exact) mass is 194 g/mol. The van der Waals surface area contributed by atoms with E-state index in [9.17, 15) is 0 Å². The fourth-order valence-electron chi connectivity index (χ4n) is 1.15. The van der Waals surface area contributed by atoms with Gasteiger partial charge in [-0.15, -0.1) is 0 Å². The van der Waals surface area contributed by atoms with Gasteiger partial charge in [0.2, 0.25) is 5.95 Å². The van der Waals surface area contributed by atoms with Crippen molar-refractivity contribution in [3.05, 3.63) is 6.33 Å². The fraction of sp³-hybridized carbons (Fsp3) is 0.286. The predicted molar refractivity (Wildman–Crippen MR) is 51.7 cm³/mol. The van der Waals surface area contributed by atoms with Crippen LogP contribution in [0.1, 0.15) is 0 Å². The SMILES string of the molecule is Nc1nc(NCCO)c2[nH]cnc2n1. The summed E-state index contributed by atoms with van der Waals surface area (Å²) >= 11 is 0. The zero-order valence-corrected chi connectivity index (χ0v) is 7.36. The summed E-state index contributed by atoms with van der Waals surface area (Å²) in [6.45, 7) is 0.435. The average molecular weight is 194 g/mol. The molecule has 2 rings (SSSR count). The van der Waals surface area contributed by atoms with Gasteiger partial charge in [0.1, 0.15) is 5.52 Å². The van der Waals surface area contributed by atoms with Crippen molar-refractivity contribution < 1.29 is 5.11 Å². The average Bonchev–Trinajstić information content (AvgIpc) is 2.61. The summed E-state index contributed by atoms with van der Waals surface area (Å²) in [5.74, 6) is 0.712. The number of nitrogens with zero attached hydrogens (tertiary/aromatic N) is 3. The van der Waals surface area contributed by atoms with Crippen LogP contribution in [0.25, 0.3) is 11.2 Å². The lowest BCUT2D eigenvalue weighted by Crippen LogP contribution is -2.09. The zero-order valence-electron chi connectivity index (χ0n) is 7.36. The second-order valence-corrected chi connectivity index (χ2v) is 2.68. The smallest absolute Gasteiger partial charge is 0.224 e. The number of aromatic amines is 1. The van der Waals surface area contributed by atoms with Gasteiger partial charge >= 0.3 is 0 Å². The minimum atomic E-state index is 0.0273. The van der Waals surface area contributed by atoms with E-state index in [0.717, 1.165) is 0 Å². The molecule has 2 aromatic heterocycles. The molecule has 0 amide bonds. The number of anilines is 2. The van der Waals surface area contributed by atoms with Crippen molar-refractivity contribution in [2.45, 2.75) is 0 Å². The number of imidazole rings is 1. The molecule has 0 saturated carbocycles. The van der Waals surface area contributed by atoms with Crippen LogP contribution in [-0.4, -0.2) is 38.2 Å². The molecule has 0 aliphatic heterocycles. The van der Waals surface area contributed by atoms with Crippen molar-refractivity contribution in [2.75, 3.05) is 24.2 Å². The lowest BCUT2D eigenvalue weighted by atomic mass is 10.5. The van der Waals surface area contributed by atoms with E-state index >= 15 is 0 Å². The van der Waals surface area contributed by atoms with E-state index in [1.807, 2.05) is 0 Å². The van der Waals surface area contributed by atoms with Crippen molar-refractivity contribution in [2.24, 2.45) is 0 Å². The molecular weight excluding hydrogens is 184 g/mol. The highest BCUT2D eigenvalue weighted by molar-refractivity contribution is 5.83. The van der Waals surface area contributed by atoms with E-state index in [-0.39, 0.29) is 12.6 Å². The molecule has 74 valence electrons. The minimum Gasteiger partial charge on any atom is -0.395 e. The number of nitrogens with one attached hydrogen (secondary N) is 2. The molecule has 7 heteroatoms. The summed E-state index contributed by atoms with van der Waals surface area (Å²) < 4.78 is 0. The molecule has 0 bridgehead atoms. The second-order valence-electron chi connectivity index (χ2n) is 2.68. The van der Waals surface area contributed by atoms with Gasteiger partial charge in [-0.1, -0.05) is 0 Å². The van der Waals surface area contributed by atoms with Gasteiger partial charge in [0, 0.05) is 6.54 Å². The molecule has 14 heavy (non-hydrogen) atoms. The number of H-pyrrole nitrogens is 1. The zero-order chi connectivity index (χ0) is 9.97. The Balaban J connectivity index is 2.44. The normalized spacial score (nSPS) is 10.6. The first-order valence-electron chi connectivity index (χ1n) is 4.12. The maximum atomic E-state index is 8.66. The Morgan fingerprint density at radius 1 is 1.50 bits per heavy atom. The number of fused-ring (bicyclic) bond motifs is 1. The first-order valence-corrected chi connectivity index (χ1v) is 4.12. The summed E-state index contributed by atoms with van der Waals surface area (Å²) in [4.78, 5) is 14.8. The molecular formula is C7H10N6O. The van der Waals surface area contributed by atoms with E-state index in [4.69, 9.17) is 10.8 Å². The van der Waals surface area contributed by atoms with Crippen LogP contribution in [0.15, 0.2) is 6.33 Å². The van der Waals surface area contributed by atoms with Gasteiger partial charge in [-0.25, -0.2) is 4.98 Å². The van der Waals surface area contributed by atoms with Gasteiger partial charge in [0.25, 0.3) is 0 Å². The number of aliphatic hydroxyl groups is 1. The Morgan fingerprint density at radius 3 is 3.14 bits per heavy atom. The molecule has 0 saturated heterocycles. The van der Waals surface area contributed by atoms with Crippen LogP contribution in [0.4, 0.5) is 11.8 Å². The molecule has 0 atom stereocenters. The quantitative estimate of drug-likeness (QED) is 0.516. The van der Waals surface area contributed by atoms with E-state index in [1.54, 1.807) is 0 Å². The summed E-state index contributed by atoms with van der Waals surface area (Å²) in [6, 6.07) is 0. The molecule has 0 unspecified atom stereocenters. The van der Waals surface area contributed by atoms with Gasteiger partial charge < -0.3 is 21.1 Å². The maximum Gasteiger partial charge on any atom is 0.224 e. The molecule has 0 aliphatic carbocycles. The van der Waals surface area contributed by atoms with E-state index in [2.05, 4.69) is 25.3 Å². The van der Waals surface area contributed by atoms with Crippen LogP contribution >= 0.6 is 0 Å². The van der Waals surface area contributed by atoms with Crippen molar-refractivity contribution in [1.82, 2.24) is 19.9 Å². The summed E-state index contributed by atoms with van der Waals surface area (Å²) in [5, 5.41) is 11.6. The van der Waals surface area contributed by atoms with Gasteiger partial charge in [0.05, 0.1) is 12.9 Å². The number of aliphatic hydroxyl groups excluding tert-OH is 1. The van der Waals surface area contributed by atoms with Crippen LogP contribution in [-0.2, 0) is 0 Å². The van der Waals surface area contributed by atoms with Crippen LogP contribution in [0, 0.1) is 0 Å². The van der Waals surface area contributed by atoms with Crippen LogP contribution in [0.2, 0.25) is 0 Å². The molecule has 0 aromatic carbocycles. The van der Waals surface area contributed by atoms with Gasteiger partial charge in [-0.3, -0.25) is 0 Å². The number of hydrogen-bond acceptors (Lipinski definition) is 6. The molecule has 2 heterocycles. The van der Waals surface area contributed by atoms with Crippen LogP contribution in [0.3, 0.4) is 0 Å². The minimum absolute atomic E-state index is 0.0273. The highest BCUT2D eigenvalue weighted by Crippen LogP contribution is 2.16. The second kappa shape index (κ2) is 3.46. The standard InChI is InChI=1S/C7H10N6O/c8-7-12-5(9-1-2-14)4-6(13-7)11-3-10-4/h3,14H,1-2H2,(H4,8,9,10,11,12,13). The molecule has 0 fully saturated rings. The number of nitrogens with two attached hydrogens (primary N) is 1. The molecule has 0 aliphatic rings. The fourth-order valence-corrected chi connectivity index (χ4v) is 1.15. The number of rotatable bonds is 3. The highest BCUT2D eigenvalue weighted by Gasteiger charge is 2.06. The topological polar surface area (TPSA) is 113 Å². The van der Waals surface area contributed by atoms with Crippen molar-refractivity contribution in [3.63, 3.8) is 0 Å². The first-order chi connectivity index (χ1) is 6.81. The number of nitrogen functional groups attached to an aromatic ring is 1. The van der Waals surface area contributed by atoms with E-state index in [0.29, 0.717) is 23.5 Å². The molecule has 5 N–H and O–H groups in total. The molecule has 2 aromatic rings. The number of aromatic nitrogens is 4. The molecule has 0 radical (unpaired) electrons. The van der Waals surface area contributed by atoms with Gasteiger partial charge in [-0.2, -0.15) is 9.97 Å². The van der Waals surface area contributed by atoms with Gasteiger partial charge in [0.15, 0.2) is 11.5 Å². The Hall–Kier alpha value is -1.89. The van der Waals surface area contributed by atoms with Crippen molar-refractivity contribution in [3.8, 4) is 0 Å². The lowest BCUT2D eigenvalue weighted by molar-refractivity contribution is 0.311. The molecule has 0 spiro atoms. The van der Waals surface area contributed by atoms with Crippen LogP contribution < -0.4 is 11.1 Å². The van der Waals surface area contributed by atoms with Gasteiger partial charge in [-0.05, 0) is 0 Å². The summed E-state index contributed by atoms with van der Waals surface area (Å²) in [5.41, 5.74) is 6.68. The number of hydrogen-bond donors (Lipinski definition) is 4. The van der Waals surface area contributed by atoms with E-state index < -0.39 is 0 Å².